The fourth-order valence-electron chi connectivity index (χ4n) is 3.78. The minimum Gasteiger partial charge on any atom is -0.457 e. The lowest BCUT2D eigenvalue weighted by atomic mass is 10.0. The fourth-order valence-corrected chi connectivity index (χ4v) is 3.78. The van der Waals surface area contributed by atoms with Gasteiger partial charge in [-0.15, -0.1) is 0 Å². The van der Waals surface area contributed by atoms with Gasteiger partial charge < -0.3 is 10.5 Å². The van der Waals surface area contributed by atoms with Crippen molar-refractivity contribution in [2.45, 2.75) is 19.4 Å². The number of nitrogen functional groups attached to an aromatic ring is 1. The van der Waals surface area contributed by atoms with Gasteiger partial charge in [0.25, 0.3) is 0 Å². The van der Waals surface area contributed by atoms with E-state index in [9.17, 15) is 4.79 Å². The van der Waals surface area contributed by atoms with Crippen LogP contribution in [0.5, 0.6) is 11.5 Å². The summed E-state index contributed by atoms with van der Waals surface area (Å²) >= 11 is 0. The van der Waals surface area contributed by atoms with Crippen molar-refractivity contribution in [1.82, 2.24) is 9.13 Å². The van der Waals surface area contributed by atoms with Gasteiger partial charge in [-0.05, 0) is 66.3 Å². The van der Waals surface area contributed by atoms with E-state index >= 15 is 0 Å². The lowest BCUT2D eigenvalue weighted by molar-refractivity contribution is 0.483. The molecule has 29 heavy (non-hydrogen) atoms. The number of anilines is 1. The molecule has 0 aliphatic heterocycles. The number of hydrogen-bond acceptors (Lipinski definition) is 3. The summed E-state index contributed by atoms with van der Waals surface area (Å²) in [6.07, 6.45) is 2.45. The van der Waals surface area contributed by atoms with Gasteiger partial charge in [-0.3, -0.25) is 9.13 Å². The van der Waals surface area contributed by atoms with E-state index in [0.29, 0.717) is 17.4 Å². The van der Waals surface area contributed by atoms with Gasteiger partial charge in [-0.25, -0.2) is 4.79 Å². The van der Waals surface area contributed by atoms with E-state index in [1.165, 1.54) is 12.8 Å². The normalized spacial score (nSPS) is 13.7. The number of imidazole rings is 1. The first-order valence-corrected chi connectivity index (χ1v) is 9.91. The quantitative estimate of drug-likeness (QED) is 0.502. The predicted molar refractivity (Wildman–Crippen MR) is 116 cm³/mol. The number of aromatic nitrogens is 2. The van der Waals surface area contributed by atoms with E-state index < -0.39 is 0 Å². The summed E-state index contributed by atoms with van der Waals surface area (Å²) in [5.74, 6) is 2.10. The zero-order chi connectivity index (χ0) is 20.0. The number of benzene rings is 3. The van der Waals surface area contributed by atoms with Crippen molar-refractivity contribution >= 4 is 16.7 Å². The first-order chi connectivity index (χ1) is 14.1. The molecule has 0 atom stereocenters. The predicted octanol–water partition coefficient (Wildman–Crippen LogP) is 4.79. The fraction of sp³-hybridized carbons (Fsp3) is 0.208. The van der Waals surface area contributed by atoms with Gasteiger partial charge in [0.2, 0.25) is 0 Å². The lowest BCUT2D eigenvalue weighted by Crippen LogP contribution is -2.22. The summed E-state index contributed by atoms with van der Waals surface area (Å²) in [7, 11) is 1.84. The number of aryl methyl sites for hydroxylation is 1. The van der Waals surface area contributed by atoms with Gasteiger partial charge in [0.1, 0.15) is 11.5 Å². The Bertz CT molecular complexity index is 1260. The molecule has 146 valence electrons. The molecule has 0 saturated heterocycles. The number of rotatable bonds is 5. The maximum absolute atomic E-state index is 12.7. The van der Waals surface area contributed by atoms with Crippen molar-refractivity contribution in [2.24, 2.45) is 13.0 Å². The van der Waals surface area contributed by atoms with Crippen LogP contribution in [0.2, 0.25) is 0 Å². The van der Waals surface area contributed by atoms with Crippen LogP contribution >= 0.6 is 0 Å². The maximum atomic E-state index is 12.7. The van der Waals surface area contributed by atoms with Gasteiger partial charge >= 0.3 is 5.69 Å². The number of nitrogens with zero attached hydrogens (tertiary/aromatic N) is 2. The zero-order valence-electron chi connectivity index (χ0n) is 16.3. The topological polar surface area (TPSA) is 62.2 Å². The van der Waals surface area contributed by atoms with Crippen molar-refractivity contribution < 1.29 is 4.74 Å². The van der Waals surface area contributed by atoms with Crippen LogP contribution in [0, 0.1) is 5.92 Å². The molecule has 3 aromatic carbocycles. The van der Waals surface area contributed by atoms with Crippen molar-refractivity contribution in [2.75, 3.05) is 5.73 Å². The molecule has 0 spiro atoms. The third-order valence-electron chi connectivity index (χ3n) is 5.54. The number of hydrogen-bond donors (Lipinski definition) is 1. The van der Waals surface area contributed by atoms with E-state index in [1.54, 1.807) is 10.6 Å². The molecule has 1 aliphatic rings. The average molecular weight is 385 g/mol. The van der Waals surface area contributed by atoms with E-state index in [-0.39, 0.29) is 5.69 Å². The second-order valence-electron chi connectivity index (χ2n) is 7.80. The second kappa shape index (κ2) is 6.85. The molecule has 5 nitrogen and oxygen atoms in total. The third-order valence-corrected chi connectivity index (χ3v) is 5.54. The van der Waals surface area contributed by atoms with Crippen LogP contribution in [0.4, 0.5) is 5.69 Å². The minimum absolute atomic E-state index is 0.0581. The molecule has 0 amide bonds. The molecular formula is C24H23N3O2. The highest BCUT2D eigenvalue weighted by Gasteiger charge is 2.24. The number of ether oxygens (including phenoxy) is 1. The highest BCUT2D eigenvalue weighted by atomic mass is 16.5. The SMILES string of the molecule is Cn1c(=O)n(CC2CC2)c2ccc(-c3cccc(Oc4cccc(N)c4)c3)cc21. The Hall–Kier alpha value is -3.47. The Balaban J connectivity index is 1.50. The Labute approximate surface area is 169 Å². The van der Waals surface area contributed by atoms with Crippen LogP contribution in [0.15, 0.2) is 71.5 Å². The Morgan fingerprint density at radius 2 is 1.66 bits per heavy atom. The van der Waals surface area contributed by atoms with Crippen LogP contribution in [0.1, 0.15) is 12.8 Å². The molecule has 1 aromatic heterocycles. The van der Waals surface area contributed by atoms with Gasteiger partial charge in [0, 0.05) is 25.3 Å². The van der Waals surface area contributed by atoms with E-state index in [1.807, 2.05) is 54.1 Å². The summed E-state index contributed by atoms with van der Waals surface area (Å²) in [5, 5.41) is 0. The van der Waals surface area contributed by atoms with Gasteiger partial charge in [0.15, 0.2) is 0 Å². The largest absolute Gasteiger partial charge is 0.457 e. The minimum atomic E-state index is 0.0581. The van der Waals surface area contributed by atoms with Crippen molar-refractivity contribution in [3.8, 4) is 22.6 Å². The standard InChI is InChI=1S/C24H23N3O2/c1-26-23-13-18(10-11-22(23)27(24(26)28)15-16-8-9-16)17-4-2-6-20(12-17)29-21-7-3-5-19(25)14-21/h2-7,10-14,16H,8-9,15,25H2,1H3. The molecule has 1 heterocycles. The molecular weight excluding hydrogens is 362 g/mol. The summed E-state index contributed by atoms with van der Waals surface area (Å²) in [6.45, 7) is 0.819. The molecule has 4 aromatic rings. The molecule has 5 rings (SSSR count). The summed E-state index contributed by atoms with van der Waals surface area (Å²) in [5.41, 5.74) is 10.6. The Kier molecular flexibility index (Phi) is 4.16. The van der Waals surface area contributed by atoms with Crippen molar-refractivity contribution in [3.63, 3.8) is 0 Å². The van der Waals surface area contributed by atoms with Gasteiger partial charge in [-0.1, -0.05) is 24.3 Å². The smallest absolute Gasteiger partial charge is 0.328 e. The van der Waals surface area contributed by atoms with Gasteiger partial charge in [0.05, 0.1) is 11.0 Å². The summed E-state index contributed by atoms with van der Waals surface area (Å²) in [6, 6.07) is 21.5. The molecule has 1 fully saturated rings. The highest BCUT2D eigenvalue weighted by Crippen LogP contribution is 2.33. The monoisotopic (exact) mass is 385 g/mol. The Morgan fingerprint density at radius 3 is 2.41 bits per heavy atom. The van der Waals surface area contributed by atoms with Gasteiger partial charge in [-0.2, -0.15) is 0 Å². The first kappa shape index (κ1) is 17.6. The van der Waals surface area contributed by atoms with E-state index in [4.69, 9.17) is 10.5 Å². The summed E-state index contributed by atoms with van der Waals surface area (Å²) < 4.78 is 9.62. The van der Waals surface area contributed by atoms with E-state index in [2.05, 4.69) is 18.2 Å². The second-order valence-corrected chi connectivity index (χ2v) is 7.80. The maximum Gasteiger partial charge on any atom is 0.328 e. The van der Waals surface area contributed by atoms with Crippen molar-refractivity contribution in [1.29, 1.82) is 0 Å². The number of fused-ring (bicyclic) bond motifs is 1. The molecule has 1 aliphatic carbocycles. The first-order valence-electron chi connectivity index (χ1n) is 9.91. The zero-order valence-corrected chi connectivity index (χ0v) is 16.3. The van der Waals surface area contributed by atoms with Crippen LogP contribution < -0.4 is 16.2 Å². The molecule has 0 bridgehead atoms. The Morgan fingerprint density at radius 1 is 0.931 bits per heavy atom. The number of nitrogens with two attached hydrogens (primary N) is 1. The highest BCUT2D eigenvalue weighted by molar-refractivity contribution is 5.83. The van der Waals surface area contributed by atoms with Crippen LogP contribution in [0.25, 0.3) is 22.2 Å². The molecule has 0 radical (unpaired) electrons. The average Bonchev–Trinajstić information content (AvgIpc) is 3.51. The molecule has 5 heteroatoms. The van der Waals surface area contributed by atoms with Crippen molar-refractivity contribution in [3.05, 3.63) is 77.2 Å². The summed E-state index contributed by atoms with van der Waals surface area (Å²) in [4.78, 5) is 12.7. The molecule has 2 N–H and O–H groups in total. The van der Waals surface area contributed by atoms with Crippen LogP contribution in [-0.4, -0.2) is 9.13 Å². The van der Waals surface area contributed by atoms with Crippen LogP contribution in [-0.2, 0) is 13.6 Å². The lowest BCUT2D eigenvalue weighted by Gasteiger charge is -2.09. The van der Waals surface area contributed by atoms with Crippen LogP contribution in [0.3, 0.4) is 0 Å². The van der Waals surface area contributed by atoms with E-state index in [0.717, 1.165) is 34.5 Å². The molecule has 1 saturated carbocycles. The third kappa shape index (κ3) is 3.40. The molecule has 0 unspecified atom stereocenters.